The number of likely N-dealkylation sites (N-methyl/N-ethyl adjacent to an activating group) is 1. The summed E-state index contributed by atoms with van der Waals surface area (Å²) < 4.78 is 48.7. The number of aldehydes is 1. The fourth-order valence-electron chi connectivity index (χ4n) is 8.00. The number of nitrogens with zero attached hydrogens (tertiary/aromatic N) is 1. The number of rotatable bonds is 13. The molecule has 0 radical (unpaired) electrons. The Kier molecular flexibility index (Phi) is 19.9. The number of hydrogen-bond donors (Lipinski definition) is 3. The van der Waals surface area contributed by atoms with Crippen molar-refractivity contribution in [2.75, 3.05) is 21.2 Å². The standard InChI is InChI=1S/C42H69NO15/c1-11-16-32(47)56-40-27(6)53-34(23-42(40,7)50)57-37-26(5)54-41(36(49)35(37)43(8)9)58-38-28(19-20-44)21-24(3)29(45)18-15-13-14-17-25(4)52-33(48)22-30(39(38)51-10)55-31(46)12-2/h13-15,18,20,24-30,34-41,45,49-50H,11-12,16-17,19,21-23H2,1-10H3. The van der Waals surface area contributed by atoms with E-state index in [2.05, 4.69) is 0 Å². The third kappa shape index (κ3) is 13.9. The van der Waals surface area contributed by atoms with Crippen LogP contribution < -0.4 is 0 Å². The quantitative estimate of drug-likeness (QED) is 0.139. The van der Waals surface area contributed by atoms with Gasteiger partial charge >= 0.3 is 17.9 Å². The molecular formula is C42H69NO15. The van der Waals surface area contributed by atoms with E-state index >= 15 is 0 Å². The Hall–Kier alpha value is -2.80. The lowest BCUT2D eigenvalue weighted by atomic mass is 9.82. The first-order chi connectivity index (χ1) is 27.4. The van der Waals surface area contributed by atoms with E-state index in [1.54, 1.807) is 71.8 Å². The number of cyclic esters (lactones) is 1. The van der Waals surface area contributed by atoms with Gasteiger partial charge in [0.2, 0.25) is 0 Å². The lowest BCUT2D eigenvalue weighted by molar-refractivity contribution is -0.344. The molecule has 3 heterocycles. The number of hydrogen-bond acceptors (Lipinski definition) is 16. The Morgan fingerprint density at radius 1 is 0.983 bits per heavy atom. The fraction of sp³-hybridized carbons (Fsp3) is 0.810. The molecule has 0 aromatic heterocycles. The van der Waals surface area contributed by atoms with Gasteiger partial charge in [-0.25, -0.2) is 0 Å². The van der Waals surface area contributed by atoms with Crippen LogP contribution in [-0.4, -0.2) is 151 Å². The van der Waals surface area contributed by atoms with Crippen LogP contribution in [-0.2, 0) is 57.1 Å². The van der Waals surface area contributed by atoms with Crippen molar-refractivity contribution in [3.8, 4) is 0 Å². The third-order valence-corrected chi connectivity index (χ3v) is 11.1. The molecule has 16 nitrogen and oxygen atoms in total. The van der Waals surface area contributed by atoms with E-state index in [0.29, 0.717) is 12.8 Å². The number of aliphatic hydroxyl groups excluding tert-OH is 2. The summed E-state index contributed by atoms with van der Waals surface area (Å²) in [5.41, 5.74) is -1.49. The Morgan fingerprint density at radius 2 is 1.69 bits per heavy atom. The molecular weight excluding hydrogens is 758 g/mol. The lowest BCUT2D eigenvalue weighted by Gasteiger charge is -2.50. The van der Waals surface area contributed by atoms with Crippen molar-refractivity contribution in [3.63, 3.8) is 0 Å². The molecule has 2 fully saturated rings. The van der Waals surface area contributed by atoms with Crippen molar-refractivity contribution >= 4 is 24.2 Å². The smallest absolute Gasteiger partial charge is 0.309 e. The first-order valence-corrected chi connectivity index (χ1v) is 20.6. The topological polar surface area (TPSA) is 206 Å². The first-order valence-electron chi connectivity index (χ1n) is 20.6. The van der Waals surface area contributed by atoms with Crippen LogP contribution in [0.1, 0.15) is 99.8 Å². The van der Waals surface area contributed by atoms with E-state index in [1.807, 2.05) is 19.9 Å². The van der Waals surface area contributed by atoms with Gasteiger partial charge in [0.25, 0.3) is 0 Å². The molecule has 3 rings (SSSR count). The summed E-state index contributed by atoms with van der Waals surface area (Å²) in [4.78, 5) is 52.5. The molecule has 16 atom stereocenters. The van der Waals surface area contributed by atoms with E-state index in [9.17, 15) is 34.5 Å². The molecule has 16 unspecified atom stereocenters. The van der Waals surface area contributed by atoms with Crippen LogP contribution >= 0.6 is 0 Å². The SMILES string of the molecule is CCCC(=O)OC1C(C)OC(OC2C(C)OC(OC3C(CC=O)CC(C)C(O)C=CC=CCC(C)OC(=O)CC(OC(=O)CC)C3OC)C(O)C2N(C)C)CC1(C)O. The van der Waals surface area contributed by atoms with E-state index in [0.717, 1.165) is 6.29 Å². The second kappa shape index (κ2) is 23.3. The molecule has 16 heteroatoms. The fourth-order valence-corrected chi connectivity index (χ4v) is 8.00. The molecule has 3 aliphatic rings. The summed E-state index contributed by atoms with van der Waals surface area (Å²) in [5.74, 6) is -2.79. The van der Waals surface area contributed by atoms with Crippen molar-refractivity contribution < 1.29 is 72.4 Å². The van der Waals surface area contributed by atoms with Crippen molar-refractivity contribution in [2.24, 2.45) is 11.8 Å². The van der Waals surface area contributed by atoms with Crippen molar-refractivity contribution in [2.45, 2.75) is 185 Å². The maximum atomic E-state index is 13.3. The molecule has 0 aliphatic carbocycles. The summed E-state index contributed by atoms with van der Waals surface area (Å²) in [6.07, 6.45) is -3.41. The van der Waals surface area contributed by atoms with E-state index < -0.39 is 121 Å². The molecule has 2 saturated heterocycles. The predicted octanol–water partition coefficient (Wildman–Crippen LogP) is 3.16. The zero-order chi connectivity index (χ0) is 43.3. The van der Waals surface area contributed by atoms with Crippen LogP contribution in [0.15, 0.2) is 24.3 Å². The van der Waals surface area contributed by atoms with Crippen molar-refractivity contribution in [3.05, 3.63) is 24.3 Å². The third-order valence-electron chi connectivity index (χ3n) is 11.1. The maximum Gasteiger partial charge on any atom is 0.309 e. The van der Waals surface area contributed by atoms with Gasteiger partial charge in [-0.3, -0.25) is 14.4 Å². The largest absolute Gasteiger partial charge is 0.462 e. The van der Waals surface area contributed by atoms with Crippen LogP contribution in [0.3, 0.4) is 0 Å². The van der Waals surface area contributed by atoms with Crippen LogP contribution in [0.25, 0.3) is 0 Å². The molecule has 0 aromatic rings. The summed E-state index contributed by atoms with van der Waals surface area (Å²) in [6.45, 7) is 12.0. The average molecular weight is 828 g/mol. The van der Waals surface area contributed by atoms with Crippen LogP contribution in [0, 0.1) is 11.8 Å². The van der Waals surface area contributed by atoms with Crippen LogP contribution in [0.2, 0.25) is 0 Å². The van der Waals surface area contributed by atoms with Gasteiger partial charge in [-0.1, -0.05) is 45.1 Å². The van der Waals surface area contributed by atoms with Gasteiger partial charge in [0.05, 0.1) is 36.9 Å². The number of allylic oxidation sites excluding steroid dienone is 2. The molecule has 0 bridgehead atoms. The van der Waals surface area contributed by atoms with Gasteiger partial charge in [-0.05, 0) is 66.5 Å². The Balaban J connectivity index is 2.00. The minimum Gasteiger partial charge on any atom is -0.462 e. The van der Waals surface area contributed by atoms with Crippen molar-refractivity contribution in [1.29, 1.82) is 0 Å². The Labute approximate surface area is 343 Å². The zero-order valence-electron chi connectivity index (χ0n) is 35.9. The van der Waals surface area contributed by atoms with Crippen LogP contribution in [0.5, 0.6) is 0 Å². The monoisotopic (exact) mass is 827 g/mol. The molecule has 0 saturated carbocycles. The minimum absolute atomic E-state index is 0.000517. The predicted molar refractivity (Wildman–Crippen MR) is 210 cm³/mol. The average Bonchev–Trinajstić information content (AvgIpc) is 3.13. The second-order valence-corrected chi connectivity index (χ2v) is 16.3. The Morgan fingerprint density at radius 3 is 2.29 bits per heavy atom. The Bertz CT molecular complexity index is 1370. The number of methoxy groups -OCH3 is 1. The summed E-state index contributed by atoms with van der Waals surface area (Å²) in [7, 11) is 4.87. The molecule has 58 heavy (non-hydrogen) atoms. The number of aliphatic hydroxyl groups is 3. The highest BCUT2D eigenvalue weighted by Crippen LogP contribution is 2.38. The second-order valence-electron chi connectivity index (χ2n) is 16.3. The molecule has 332 valence electrons. The van der Waals surface area contributed by atoms with Gasteiger partial charge < -0.3 is 62.9 Å². The van der Waals surface area contributed by atoms with Gasteiger partial charge in [-0.2, -0.15) is 0 Å². The van der Waals surface area contributed by atoms with Crippen LogP contribution in [0.4, 0.5) is 0 Å². The molecule has 0 spiro atoms. The summed E-state index contributed by atoms with van der Waals surface area (Å²) in [5, 5.41) is 34.6. The summed E-state index contributed by atoms with van der Waals surface area (Å²) in [6, 6.07) is -0.779. The van der Waals surface area contributed by atoms with Gasteiger partial charge in [0.1, 0.15) is 42.4 Å². The first kappa shape index (κ1) is 49.6. The highest BCUT2D eigenvalue weighted by molar-refractivity contribution is 5.72. The minimum atomic E-state index is -1.49. The number of esters is 3. The maximum absolute atomic E-state index is 13.3. The van der Waals surface area contributed by atoms with Gasteiger partial charge in [0.15, 0.2) is 18.7 Å². The number of ether oxygens (including phenoxy) is 8. The summed E-state index contributed by atoms with van der Waals surface area (Å²) >= 11 is 0. The lowest BCUT2D eigenvalue weighted by Crippen LogP contribution is -2.66. The highest BCUT2D eigenvalue weighted by atomic mass is 16.7. The van der Waals surface area contributed by atoms with E-state index in [4.69, 9.17) is 37.9 Å². The van der Waals surface area contributed by atoms with E-state index in [-0.39, 0.29) is 32.1 Å². The number of carbonyl (C=O) groups excluding carboxylic acids is 4. The van der Waals surface area contributed by atoms with Gasteiger partial charge in [0, 0.05) is 39.2 Å². The normalized spacial score (nSPS) is 39.5. The zero-order valence-corrected chi connectivity index (χ0v) is 35.9. The molecule has 3 N–H and O–H groups in total. The molecule has 0 aromatic carbocycles. The van der Waals surface area contributed by atoms with Gasteiger partial charge in [-0.15, -0.1) is 0 Å². The van der Waals surface area contributed by atoms with E-state index in [1.165, 1.54) is 7.11 Å². The molecule has 0 amide bonds. The molecule has 3 aliphatic heterocycles. The highest BCUT2D eigenvalue weighted by Gasteiger charge is 2.53. The number of carbonyl (C=O) groups is 4. The van der Waals surface area contributed by atoms with Crippen molar-refractivity contribution in [1.82, 2.24) is 4.90 Å².